The molecule has 0 saturated heterocycles. The minimum absolute atomic E-state index is 0.0834. The number of hydrogen-bond donors (Lipinski definition) is 1. The third kappa shape index (κ3) is 2.88. The van der Waals surface area contributed by atoms with E-state index in [9.17, 15) is 5.11 Å². The van der Waals surface area contributed by atoms with E-state index in [0.717, 1.165) is 21.9 Å². The van der Waals surface area contributed by atoms with Crippen LogP contribution in [0, 0.1) is 6.92 Å². The number of aliphatic hydroxyl groups is 1. The van der Waals surface area contributed by atoms with Crippen molar-refractivity contribution in [2.75, 3.05) is 7.11 Å². The summed E-state index contributed by atoms with van der Waals surface area (Å²) in [7, 11) is 1.59. The van der Waals surface area contributed by atoms with Gasteiger partial charge >= 0.3 is 0 Å². The summed E-state index contributed by atoms with van der Waals surface area (Å²) >= 11 is 6.24. The number of aryl methyl sites for hydroxylation is 1. The summed E-state index contributed by atoms with van der Waals surface area (Å²) in [4.78, 5) is 0. The lowest BCUT2D eigenvalue weighted by molar-refractivity contribution is -0.149. The molecule has 0 heterocycles. The first-order valence-corrected chi connectivity index (χ1v) is 6.99. The van der Waals surface area contributed by atoms with Crippen LogP contribution in [0.2, 0.25) is 5.02 Å². The molecule has 19 heavy (non-hydrogen) atoms. The molecule has 1 saturated carbocycles. The minimum Gasteiger partial charge on any atom is -0.487 e. The fourth-order valence-corrected chi connectivity index (χ4v) is 2.82. The van der Waals surface area contributed by atoms with Gasteiger partial charge in [0.1, 0.15) is 18.0 Å². The lowest BCUT2D eigenvalue weighted by atomic mass is 9.88. The Balaban J connectivity index is 2.19. The average molecular weight is 285 g/mol. The topological polar surface area (TPSA) is 38.7 Å². The van der Waals surface area contributed by atoms with Gasteiger partial charge in [0.15, 0.2) is 0 Å². The van der Waals surface area contributed by atoms with Crippen molar-refractivity contribution < 1.29 is 14.6 Å². The number of benzene rings is 1. The zero-order valence-corrected chi connectivity index (χ0v) is 12.6. The molecule has 1 aromatic rings. The molecular formula is C15H21ClO3. The van der Waals surface area contributed by atoms with Gasteiger partial charge < -0.3 is 14.6 Å². The highest BCUT2D eigenvalue weighted by atomic mass is 35.5. The third-order valence-electron chi connectivity index (χ3n) is 3.69. The molecule has 0 aliphatic heterocycles. The van der Waals surface area contributed by atoms with Crippen LogP contribution in [0.1, 0.15) is 37.3 Å². The lowest BCUT2D eigenvalue weighted by Gasteiger charge is -2.40. The Morgan fingerprint density at radius 2 is 2.05 bits per heavy atom. The van der Waals surface area contributed by atoms with E-state index >= 15 is 0 Å². The van der Waals surface area contributed by atoms with Gasteiger partial charge in [0.05, 0.1) is 6.10 Å². The quantitative estimate of drug-likeness (QED) is 0.922. The van der Waals surface area contributed by atoms with E-state index < -0.39 is 6.10 Å². The number of rotatable bonds is 4. The van der Waals surface area contributed by atoms with Gasteiger partial charge in [-0.1, -0.05) is 25.4 Å². The maximum absolute atomic E-state index is 9.59. The highest BCUT2D eigenvalue weighted by molar-refractivity contribution is 6.31. The number of aliphatic hydroxyl groups excluding tert-OH is 1. The average Bonchev–Trinajstić information content (AvgIpc) is 2.31. The predicted molar refractivity (Wildman–Crippen MR) is 76.1 cm³/mol. The molecule has 106 valence electrons. The summed E-state index contributed by atoms with van der Waals surface area (Å²) in [5.41, 5.74) is 2.08. The molecule has 1 aromatic carbocycles. The molecule has 0 bridgehead atoms. The van der Waals surface area contributed by atoms with E-state index in [2.05, 4.69) is 13.8 Å². The molecule has 0 amide bonds. The van der Waals surface area contributed by atoms with E-state index in [1.165, 1.54) is 0 Å². The predicted octanol–water partition coefficient (Wildman–Crippen LogP) is 3.30. The molecule has 3 atom stereocenters. The van der Waals surface area contributed by atoms with Crippen LogP contribution in [0.25, 0.3) is 0 Å². The molecule has 0 radical (unpaired) electrons. The van der Waals surface area contributed by atoms with Crippen molar-refractivity contribution in [3.05, 3.63) is 28.3 Å². The first kappa shape index (κ1) is 14.6. The molecular weight excluding hydrogens is 264 g/mol. The van der Waals surface area contributed by atoms with Crippen LogP contribution in [0.4, 0.5) is 0 Å². The highest BCUT2D eigenvalue weighted by Crippen LogP contribution is 2.35. The van der Waals surface area contributed by atoms with Crippen LogP contribution in [0.5, 0.6) is 5.75 Å². The SMILES string of the molecule is COC1C(O)CC1Oc1cc(C(C)C)c(Cl)cc1C. The first-order valence-electron chi connectivity index (χ1n) is 6.61. The standard InChI is InChI=1S/C15H21ClO3/c1-8(2)10-6-13(9(3)5-11(10)16)19-14-7-12(17)15(14)18-4/h5-6,8,12,14-15,17H,7H2,1-4H3. The monoisotopic (exact) mass is 284 g/mol. The van der Waals surface area contributed by atoms with Crippen molar-refractivity contribution in [2.24, 2.45) is 0 Å². The van der Waals surface area contributed by atoms with Crippen LogP contribution in [-0.2, 0) is 4.74 Å². The minimum atomic E-state index is -0.424. The Bertz CT molecular complexity index is 459. The second-order valence-electron chi connectivity index (χ2n) is 5.45. The van der Waals surface area contributed by atoms with Gasteiger partial charge in [0.2, 0.25) is 0 Å². The molecule has 0 spiro atoms. The van der Waals surface area contributed by atoms with E-state index in [4.69, 9.17) is 21.1 Å². The fourth-order valence-electron chi connectivity index (χ4n) is 2.38. The fraction of sp³-hybridized carbons (Fsp3) is 0.600. The molecule has 1 aliphatic carbocycles. The van der Waals surface area contributed by atoms with Crippen molar-refractivity contribution in [3.63, 3.8) is 0 Å². The molecule has 1 N–H and O–H groups in total. The van der Waals surface area contributed by atoms with Gasteiger partial charge in [-0.2, -0.15) is 0 Å². The van der Waals surface area contributed by atoms with Crippen molar-refractivity contribution in [1.82, 2.24) is 0 Å². The van der Waals surface area contributed by atoms with Crippen LogP contribution < -0.4 is 4.74 Å². The van der Waals surface area contributed by atoms with Gasteiger partial charge in [0, 0.05) is 18.6 Å². The second kappa shape index (κ2) is 5.70. The van der Waals surface area contributed by atoms with Gasteiger partial charge in [-0.15, -0.1) is 0 Å². The summed E-state index contributed by atoms with van der Waals surface area (Å²) < 4.78 is 11.2. The maximum Gasteiger partial charge on any atom is 0.130 e. The first-order chi connectivity index (χ1) is 8.93. The Hall–Kier alpha value is -0.770. The van der Waals surface area contributed by atoms with E-state index in [1.54, 1.807) is 7.11 Å². The normalized spacial score (nSPS) is 26.4. The maximum atomic E-state index is 9.59. The van der Waals surface area contributed by atoms with Gasteiger partial charge in [0.25, 0.3) is 0 Å². The lowest BCUT2D eigenvalue weighted by Crippen LogP contribution is -2.54. The molecule has 0 aromatic heterocycles. The van der Waals surface area contributed by atoms with E-state index in [0.29, 0.717) is 12.3 Å². The Morgan fingerprint density at radius 1 is 1.37 bits per heavy atom. The number of methoxy groups -OCH3 is 1. The molecule has 3 nitrogen and oxygen atoms in total. The summed E-state index contributed by atoms with van der Waals surface area (Å²) in [6.45, 7) is 6.18. The largest absolute Gasteiger partial charge is 0.487 e. The summed E-state index contributed by atoms with van der Waals surface area (Å²) in [5.74, 6) is 1.17. The zero-order valence-electron chi connectivity index (χ0n) is 11.8. The Morgan fingerprint density at radius 3 is 2.58 bits per heavy atom. The van der Waals surface area contributed by atoms with Gasteiger partial charge in [-0.25, -0.2) is 0 Å². The van der Waals surface area contributed by atoms with Crippen molar-refractivity contribution in [1.29, 1.82) is 0 Å². The molecule has 2 rings (SSSR count). The number of ether oxygens (including phenoxy) is 2. The summed E-state index contributed by atoms with van der Waals surface area (Å²) in [5, 5.41) is 10.4. The van der Waals surface area contributed by atoms with Crippen molar-refractivity contribution in [2.45, 2.75) is 51.4 Å². The van der Waals surface area contributed by atoms with Crippen LogP contribution >= 0.6 is 11.6 Å². The highest BCUT2D eigenvalue weighted by Gasteiger charge is 2.42. The van der Waals surface area contributed by atoms with Crippen LogP contribution in [0.15, 0.2) is 12.1 Å². The van der Waals surface area contributed by atoms with Crippen molar-refractivity contribution in [3.8, 4) is 5.75 Å². The van der Waals surface area contributed by atoms with E-state index in [1.807, 2.05) is 19.1 Å². The summed E-state index contributed by atoms with van der Waals surface area (Å²) in [6.07, 6.45) is -0.137. The Kier molecular flexibility index (Phi) is 4.39. The molecule has 1 aliphatic rings. The van der Waals surface area contributed by atoms with Crippen molar-refractivity contribution >= 4 is 11.6 Å². The van der Waals surface area contributed by atoms with Gasteiger partial charge in [-0.3, -0.25) is 0 Å². The van der Waals surface area contributed by atoms with E-state index in [-0.39, 0.29) is 12.2 Å². The van der Waals surface area contributed by atoms with Gasteiger partial charge in [-0.05, 0) is 36.1 Å². The number of hydrogen-bond acceptors (Lipinski definition) is 3. The van der Waals surface area contributed by atoms with Crippen LogP contribution in [0.3, 0.4) is 0 Å². The third-order valence-corrected chi connectivity index (χ3v) is 4.01. The number of halogens is 1. The molecule has 1 fully saturated rings. The Labute approximate surface area is 119 Å². The molecule has 3 unspecified atom stereocenters. The summed E-state index contributed by atoms with van der Waals surface area (Å²) in [6, 6.07) is 3.93. The molecule has 4 heteroatoms. The zero-order chi connectivity index (χ0) is 14.2. The van der Waals surface area contributed by atoms with Crippen LogP contribution in [-0.4, -0.2) is 30.5 Å². The smallest absolute Gasteiger partial charge is 0.130 e. The second-order valence-corrected chi connectivity index (χ2v) is 5.86.